The van der Waals surface area contributed by atoms with Gasteiger partial charge in [0.15, 0.2) is 0 Å². The van der Waals surface area contributed by atoms with Crippen LogP contribution in [0.15, 0.2) is 42.7 Å². The minimum Gasteiger partial charge on any atom is -0.494 e. The van der Waals surface area contributed by atoms with Crippen LogP contribution in [0.4, 0.5) is 28.9 Å². The van der Waals surface area contributed by atoms with Crippen molar-refractivity contribution in [2.45, 2.75) is 59.4 Å². The van der Waals surface area contributed by atoms with E-state index in [4.69, 9.17) is 16.3 Å². The molecular formula is C31H41F4N7O2. The van der Waals surface area contributed by atoms with Gasteiger partial charge in [-0.1, -0.05) is 19.9 Å². The maximum atomic E-state index is 13.9. The number of rotatable bonds is 8. The number of alkyl halides is 4. The fourth-order valence-corrected chi connectivity index (χ4v) is 4.90. The summed E-state index contributed by atoms with van der Waals surface area (Å²) in [6.45, 7) is 8.58. The summed E-state index contributed by atoms with van der Waals surface area (Å²) in [4.78, 5) is 15.2. The first-order chi connectivity index (χ1) is 20.8. The summed E-state index contributed by atoms with van der Waals surface area (Å²) in [5, 5.41) is 8.03. The number of hydrazine groups is 1. The van der Waals surface area contributed by atoms with Crippen LogP contribution in [0.2, 0.25) is 0 Å². The van der Waals surface area contributed by atoms with Gasteiger partial charge in [0, 0.05) is 55.3 Å². The maximum Gasteiger partial charge on any atom is 0.416 e. The Morgan fingerprint density at radius 1 is 1.18 bits per heavy atom. The highest BCUT2D eigenvalue weighted by molar-refractivity contribution is 6.06. The molecule has 0 unspecified atom stereocenters. The quantitative estimate of drug-likeness (QED) is 0.163. The number of aryl methyl sites for hydroxylation is 2. The number of piperidine rings is 1. The molecule has 2 heterocycles. The Balaban J connectivity index is 0.00000259. The number of nitrogens with two attached hydrogens (primary N) is 2. The number of halogens is 4. The van der Waals surface area contributed by atoms with Gasteiger partial charge >= 0.3 is 6.18 Å². The number of carbonyl (C=O) groups excluding carboxylic acids is 1. The minimum absolute atomic E-state index is 0.106. The third-order valence-electron chi connectivity index (χ3n) is 7.43. The largest absolute Gasteiger partial charge is 0.494 e. The van der Waals surface area contributed by atoms with Gasteiger partial charge in [-0.3, -0.25) is 19.4 Å². The molecule has 1 amide bonds. The van der Waals surface area contributed by atoms with Gasteiger partial charge in [0.1, 0.15) is 11.9 Å². The van der Waals surface area contributed by atoms with Gasteiger partial charge in [-0.05, 0) is 56.5 Å². The molecule has 1 saturated heterocycles. The Bertz CT molecular complexity index is 1480. The van der Waals surface area contributed by atoms with E-state index >= 15 is 0 Å². The molecule has 1 fully saturated rings. The van der Waals surface area contributed by atoms with Gasteiger partial charge in [-0.2, -0.15) is 18.3 Å². The highest BCUT2D eigenvalue weighted by Gasteiger charge is 2.33. The molecule has 0 bridgehead atoms. The lowest BCUT2D eigenvalue weighted by atomic mass is 10.0. The molecule has 13 heteroatoms. The number of aromatic nitrogens is 2. The first-order valence-corrected chi connectivity index (χ1v) is 14.3. The van der Waals surface area contributed by atoms with E-state index in [1.54, 1.807) is 37.0 Å². The molecule has 0 radical (unpaired) electrons. The van der Waals surface area contributed by atoms with Crippen molar-refractivity contribution < 1.29 is 27.1 Å². The lowest BCUT2D eigenvalue weighted by Gasteiger charge is -2.29. The SMILES string of the molecule is CC.COc1c(CN2CCC(F)CC2)cc(C(F)(F)F)cc1NC(=O)c1ccc(C)c(N(N)/C=C(\N)c2cnn(C)c2C)c1. The second-order valence-electron chi connectivity index (χ2n) is 10.4. The highest BCUT2D eigenvalue weighted by atomic mass is 19.4. The molecule has 1 aliphatic heterocycles. The van der Waals surface area contributed by atoms with Gasteiger partial charge in [0.2, 0.25) is 0 Å². The van der Waals surface area contributed by atoms with Crippen LogP contribution < -0.4 is 26.6 Å². The minimum atomic E-state index is -4.66. The number of benzene rings is 2. The molecule has 5 N–H and O–H groups in total. The summed E-state index contributed by atoms with van der Waals surface area (Å²) < 4.78 is 62.3. The first kappa shape index (κ1) is 34.4. The Morgan fingerprint density at radius 2 is 1.84 bits per heavy atom. The van der Waals surface area contributed by atoms with E-state index in [2.05, 4.69) is 10.4 Å². The highest BCUT2D eigenvalue weighted by Crippen LogP contribution is 2.39. The van der Waals surface area contributed by atoms with Crippen LogP contribution in [-0.2, 0) is 19.8 Å². The van der Waals surface area contributed by atoms with Crippen LogP contribution in [0.25, 0.3) is 5.70 Å². The molecular weight excluding hydrogens is 578 g/mol. The van der Waals surface area contributed by atoms with Crippen LogP contribution in [0.5, 0.6) is 5.75 Å². The topological polar surface area (TPSA) is 115 Å². The smallest absolute Gasteiger partial charge is 0.416 e. The third-order valence-corrected chi connectivity index (χ3v) is 7.43. The summed E-state index contributed by atoms with van der Waals surface area (Å²) in [5.74, 6) is 5.73. The molecule has 1 aromatic heterocycles. The van der Waals surface area contributed by atoms with Crippen molar-refractivity contribution in [1.82, 2.24) is 14.7 Å². The lowest BCUT2D eigenvalue weighted by Crippen LogP contribution is -2.34. The van der Waals surface area contributed by atoms with Crippen molar-refractivity contribution in [3.05, 3.63) is 76.2 Å². The Labute approximate surface area is 255 Å². The third kappa shape index (κ3) is 8.08. The summed E-state index contributed by atoms with van der Waals surface area (Å²) in [6.07, 6.45) is -1.85. The predicted octanol–water partition coefficient (Wildman–Crippen LogP) is 5.91. The van der Waals surface area contributed by atoms with E-state index in [9.17, 15) is 22.4 Å². The predicted molar refractivity (Wildman–Crippen MR) is 165 cm³/mol. The number of carbonyl (C=O) groups is 1. The second kappa shape index (κ2) is 14.6. The summed E-state index contributed by atoms with van der Waals surface area (Å²) in [7, 11) is 3.11. The average Bonchev–Trinajstić information content (AvgIpc) is 3.32. The standard InChI is InChI=1S/C29H35F4N7O2.C2H6/c1-17-5-6-19(12-26(17)40(35)16-24(34)23-14-36-38(3)18(23)2)28(41)37-25-13-21(29(31,32)33)11-20(27(25)42-4)15-39-9-7-22(30)8-10-39;1-2/h5-6,11-14,16,22H,7-10,15,34-35H2,1-4H3,(H,37,41);1-2H3/b24-16-;. The number of ether oxygens (including phenoxy) is 1. The molecule has 0 atom stereocenters. The van der Waals surface area contributed by atoms with Crippen LogP contribution in [0, 0.1) is 13.8 Å². The van der Waals surface area contributed by atoms with E-state index in [0.717, 1.165) is 23.4 Å². The zero-order valence-corrected chi connectivity index (χ0v) is 25.9. The summed E-state index contributed by atoms with van der Waals surface area (Å²) in [5.41, 5.74) is 8.66. The maximum absolute atomic E-state index is 13.9. The molecule has 0 aliphatic carbocycles. The van der Waals surface area contributed by atoms with E-state index in [1.807, 2.05) is 25.7 Å². The van der Waals surface area contributed by atoms with Gasteiger partial charge < -0.3 is 15.8 Å². The van der Waals surface area contributed by atoms with Gasteiger partial charge in [0.25, 0.3) is 5.91 Å². The van der Waals surface area contributed by atoms with Crippen molar-refractivity contribution in [3.8, 4) is 5.75 Å². The number of nitrogens with zero attached hydrogens (tertiary/aromatic N) is 4. The number of anilines is 2. The number of likely N-dealkylation sites (tertiary alicyclic amines) is 1. The number of nitrogens with one attached hydrogen (secondary N) is 1. The fraction of sp³-hybridized carbons (Fsp3) is 0.419. The van der Waals surface area contributed by atoms with Crippen LogP contribution in [-0.4, -0.2) is 47.0 Å². The normalized spacial score (nSPS) is 14.6. The van der Waals surface area contributed by atoms with Crippen molar-refractivity contribution >= 4 is 23.0 Å². The molecule has 2 aromatic carbocycles. The van der Waals surface area contributed by atoms with E-state index in [-0.39, 0.29) is 29.1 Å². The van der Waals surface area contributed by atoms with Crippen LogP contribution in [0.1, 0.15) is 65.0 Å². The Hall–Kier alpha value is -4.10. The number of hydrogen-bond acceptors (Lipinski definition) is 7. The van der Waals surface area contributed by atoms with Crippen LogP contribution in [0.3, 0.4) is 0 Å². The molecule has 3 aromatic rings. The molecule has 0 saturated carbocycles. The summed E-state index contributed by atoms with van der Waals surface area (Å²) >= 11 is 0. The number of hydrogen-bond donors (Lipinski definition) is 3. The second-order valence-corrected chi connectivity index (χ2v) is 10.4. The number of methoxy groups -OCH3 is 1. The van der Waals surface area contributed by atoms with E-state index in [0.29, 0.717) is 42.9 Å². The van der Waals surface area contributed by atoms with E-state index < -0.39 is 23.8 Å². The first-order valence-electron chi connectivity index (χ1n) is 14.3. The van der Waals surface area contributed by atoms with Crippen molar-refractivity contribution in [2.24, 2.45) is 18.6 Å². The molecule has 9 nitrogen and oxygen atoms in total. The van der Waals surface area contributed by atoms with Gasteiger partial charge in [-0.15, -0.1) is 0 Å². The Morgan fingerprint density at radius 3 is 2.41 bits per heavy atom. The average molecular weight is 620 g/mol. The van der Waals surface area contributed by atoms with Crippen LogP contribution >= 0.6 is 0 Å². The van der Waals surface area contributed by atoms with Gasteiger partial charge in [0.05, 0.1) is 35.9 Å². The van der Waals surface area contributed by atoms with Crippen molar-refractivity contribution in [1.29, 1.82) is 0 Å². The summed E-state index contributed by atoms with van der Waals surface area (Å²) in [6, 6.07) is 6.59. The molecule has 0 spiro atoms. The van der Waals surface area contributed by atoms with E-state index in [1.165, 1.54) is 24.4 Å². The molecule has 1 aliphatic rings. The molecule has 44 heavy (non-hydrogen) atoms. The lowest BCUT2D eigenvalue weighted by molar-refractivity contribution is -0.137. The Kier molecular flexibility index (Phi) is 11.4. The van der Waals surface area contributed by atoms with Crippen molar-refractivity contribution in [3.63, 3.8) is 0 Å². The van der Waals surface area contributed by atoms with Gasteiger partial charge in [-0.25, -0.2) is 10.2 Å². The zero-order valence-electron chi connectivity index (χ0n) is 25.9. The monoisotopic (exact) mass is 619 g/mol. The number of amides is 1. The fourth-order valence-electron chi connectivity index (χ4n) is 4.90. The zero-order chi connectivity index (χ0) is 32.8. The molecule has 240 valence electrons. The molecule has 4 rings (SSSR count). The van der Waals surface area contributed by atoms with Crippen molar-refractivity contribution in [2.75, 3.05) is 30.5 Å².